The van der Waals surface area contributed by atoms with Crippen LogP contribution in [-0.4, -0.2) is 60.0 Å². The first kappa shape index (κ1) is 21.5. The van der Waals surface area contributed by atoms with Crippen LogP contribution in [0.15, 0.2) is 41.6 Å². The van der Waals surface area contributed by atoms with Crippen LogP contribution in [-0.2, 0) is 14.8 Å². The van der Waals surface area contributed by atoms with Gasteiger partial charge in [-0.15, -0.1) is 0 Å². The minimum atomic E-state index is -3.69. The summed E-state index contributed by atoms with van der Waals surface area (Å²) in [4.78, 5) is 18.5. The highest BCUT2D eigenvalue weighted by atomic mass is 32.2. The van der Waals surface area contributed by atoms with Crippen LogP contribution >= 0.6 is 0 Å². The highest BCUT2D eigenvalue weighted by Gasteiger charge is 2.33. The molecule has 29 heavy (non-hydrogen) atoms. The van der Waals surface area contributed by atoms with E-state index in [1.165, 1.54) is 4.31 Å². The fourth-order valence-electron chi connectivity index (χ4n) is 3.50. The lowest BCUT2D eigenvalue weighted by Crippen LogP contribution is -2.50. The van der Waals surface area contributed by atoms with Crippen LogP contribution < -0.4 is 0 Å². The van der Waals surface area contributed by atoms with Crippen molar-refractivity contribution in [1.82, 2.24) is 14.2 Å². The predicted octanol–water partition coefficient (Wildman–Crippen LogP) is 3.64. The number of pyridine rings is 1. The summed E-state index contributed by atoms with van der Waals surface area (Å²) in [6.45, 7) is 8.60. The number of benzene rings is 1. The Hall–Kier alpha value is -2.19. The smallest absolute Gasteiger partial charge is 0.410 e. The Labute approximate surface area is 172 Å². The molecule has 0 saturated carbocycles. The van der Waals surface area contributed by atoms with E-state index in [0.717, 1.165) is 17.2 Å². The van der Waals surface area contributed by atoms with Gasteiger partial charge in [0, 0.05) is 43.5 Å². The van der Waals surface area contributed by atoms with Crippen molar-refractivity contribution in [1.29, 1.82) is 0 Å². The molecular formula is C21H29N3O4S. The molecule has 1 aliphatic rings. The summed E-state index contributed by atoms with van der Waals surface area (Å²) in [5.74, 6) is 0. The van der Waals surface area contributed by atoms with Crippen molar-refractivity contribution < 1.29 is 17.9 Å². The van der Waals surface area contributed by atoms with E-state index < -0.39 is 21.7 Å². The predicted molar refractivity (Wildman–Crippen MR) is 112 cm³/mol. The molecule has 1 aliphatic heterocycles. The van der Waals surface area contributed by atoms with E-state index in [2.05, 4.69) is 4.98 Å². The molecule has 0 N–H and O–H groups in total. The van der Waals surface area contributed by atoms with Crippen molar-refractivity contribution in [3.63, 3.8) is 0 Å². The fourth-order valence-corrected chi connectivity index (χ4v) is 5.20. The highest BCUT2D eigenvalue weighted by molar-refractivity contribution is 7.89. The molecule has 2 aromatic rings. The van der Waals surface area contributed by atoms with E-state index in [0.29, 0.717) is 26.1 Å². The van der Waals surface area contributed by atoms with Crippen LogP contribution in [0.1, 0.15) is 40.5 Å². The van der Waals surface area contributed by atoms with E-state index in [-0.39, 0.29) is 10.9 Å². The second-order valence-electron chi connectivity index (χ2n) is 8.48. The van der Waals surface area contributed by atoms with Crippen LogP contribution in [0, 0.1) is 0 Å². The Morgan fingerprint density at radius 2 is 1.86 bits per heavy atom. The number of ether oxygens (including phenoxy) is 1. The average molecular weight is 420 g/mol. The number of rotatable bonds is 2. The minimum Gasteiger partial charge on any atom is -0.444 e. The standard InChI is InChI=1S/C21H29N3O4S/c1-16-15-23(20(25)28-21(2,3)4)11-5-6-12-24(16)29(26,27)19-8-7-18-14-22-10-9-17(18)13-19/h7-10,13-14,16H,5-6,11-12,15H2,1-4H3/t16-/m0/s1. The average Bonchev–Trinajstić information content (AvgIpc) is 2.62. The van der Waals surface area contributed by atoms with E-state index >= 15 is 0 Å². The van der Waals surface area contributed by atoms with Crippen LogP contribution in [0.4, 0.5) is 4.79 Å². The third kappa shape index (κ3) is 5.05. The number of carbonyl (C=O) groups is 1. The van der Waals surface area contributed by atoms with Crippen molar-refractivity contribution in [3.8, 4) is 0 Å². The molecule has 0 unspecified atom stereocenters. The maximum Gasteiger partial charge on any atom is 0.410 e. The van der Waals surface area contributed by atoms with Gasteiger partial charge < -0.3 is 9.64 Å². The summed E-state index contributed by atoms with van der Waals surface area (Å²) in [5.41, 5.74) is -0.589. The number of amides is 1. The van der Waals surface area contributed by atoms with Gasteiger partial charge in [-0.2, -0.15) is 4.31 Å². The van der Waals surface area contributed by atoms with Gasteiger partial charge in [0.2, 0.25) is 10.0 Å². The summed E-state index contributed by atoms with van der Waals surface area (Å²) in [6.07, 6.45) is 4.36. The summed E-state index contributed by atoms with van der Waals surface area (Å²) in [7, 11) is -3.69. The van der Waals surface area contributed by atoms with E-state index in [1.54, 1.807) is 41.6 Å². The van der Waals surface area contributed by atoms with Gasteiger partial charge in [-0.05, 0) is 64.1 Å². The number of carbonyl (C=O) groups excluding carboxylic acids is 1. The van der Waals surface area contributed by atoms with E-state index in [9.17, 15) is 13.2 Å². The first-order chi connectivity index (χ1) is 13.6. The number of aromatic nitrogens is 1. The topological polar surface area (TPSA) is 79.8 Å². The maximum absolute atomic E-state index is 13.4. The number of fused-ring (bicyclic) bond motifs is 1. The third-order valence-electron chi connectivity index (χ3n) is 4.90. The van der Waals surface area contributed by atoms with Crippen molar-refractivity contribution in [2.45, 2.75) is 57.1 Å². The summed E-state index contributed by atoms with van der Waals surface area (Å²) in [6, 6.07) is 6.52. The molecule has 1 atom stereocenters. The zero-order valence-corrected chi connectivity index (χ0v) is 18.3. The Bertz CT molecular complexity index is 985. The molecule has 7 nitrogen and oxygen atoms in total. The molecule has 2 heterocycles. The maximum atomic E-state index is 13.4. The SMILES string of the molecule is C[C@H]1CN(C(=O)OC(C)(C)C)CCCCN1S(=O)(=O)c1ccc2cnccc2c1. The molecule has 1 fully saturated rings. The molecule has 158 valence electrons. The Kier molecular flexibility index (Phi) is 6.14. The number of sulfonamides is 1. The second kappa shape index (κ2) is 8.28. The molecule has 0 bridgehead atoms. The van der Waals surface area contributed by atoms with E-state index in [1.807, 2.05) is 27.7 Å². The lowest BCUT2D eigenvalue weighted by Gasteiger charge is -2.36. The van der Waals surface area contributed by atoms with Crippen LogP contribution in [0.25, 0.3) is 10.8 Å². The molecular weight excluding hydrogens is 390 g/mol. The van der Waals surface area contributed by atoms with Gasteiger partial charge in [0.25, 0.3) is 0 Å². The van der Waals surface area contributed by atoms with Crippen molar-refractivity contribution in [2.24, 2.45) is 0 Å². The largest absolute Gasteiger partial charge is 0.444 e. The van der Waals surface area contributed by atoms with Crippen molar-refractivity contribution in [3.05, 3.63) is 36.7 Å². The molecule has 8 heteroatoms. The lowest BCUT2D eigenvalue weighted by molar-refractivity contribution is 0.0197. The normalized spacial score (nSPS) is 19.6. The molecule has 1 aromatic heterocycles. The first-order valence-electron chi connectivity index (χ1n) is 9.91. The molecule has 3 rings (SSSR count). The van der Waals surface area contributed by atoms with Gasteiger partial charge >= 0.3 is 6.09 Å². The Balaban J connectivity index is 1.85. The van der Waals surface area contributed by atoms with Gasteiger partial charge in [-0.25, -0.2) is 13.2 Å². The zero-order valence-electron chi connectivity index (χ0n) is 17.5. The lowest BCUT2D eigenvalue weighted by atomic mass is 10.2. The highest BCUT2D eigenvalue weighted by Crippen LogP contribution is 2.25. The van der Waals surface area contributed by atoms with Gasteiger partial charge in [0.05, 0.1) is 4.90 Å². The quantitative estimate of drug-likeness (QED) is 0.742. The van der Waals surface area contributed by atoms with Crippen molar-refractivity contribution in [2.75, 3.05) is 19.6 Å². The Morgan fingerprint density at radius 1 is 1.14 bits per heavy atom. The first-order valence-corrected chi connectivity index (χ1v) is 11.4. The molecule has 1 amide bonds. The number of hydrogen-bond acceptors (Lipinski definition) is 5. The molecule has 1 aromatic carbocycles. The second-order valence-corrected chi connectivity index (χ2v) is 10.4. The minimum absolute atomic E-state index is 0.257. The van der Waals surface area contributed by atoms with Crippen LogP contribution in [0.5, 0.6) is 0 Å². The molecule has 0 spiro atoms. The van der Waals surface area contributed by atoms with Gasteiger partial charge in [0.15, 0.2) is 0 Å². The number of hydrogen-bond donors (Lipinski definition) is 0. The summed E-state index contributed by atoms with van der Waals surface area (Å²) < 4.78 is 33.8. The fraction of sp³-hybridized carbons (Fsp3) is 0.524. The molecule has 0 radical (unpaired) electrons. The van der Waals surface area contributed by atoms with Gasteiger partial charge in [-0.1, -0.05) is 6.07 Å². The van der Waals surface area contributed by atoms with Gasteiger partial charge in [-0.3, -0.25) is 4.98 Å². The number of nitrogens with zero attached hydrogens (tertiary/aromatic N) is 3. The molecule has 1 saturated heterocycles. The van der Waals surface area contributed by atoms with Gasteiger partial charge in [0.1, 0.15) is 5.60 Å². The molecule has 0 aliphatic carbocycles. The summed E-state index contributed by atoms with van der Waals surface area (Å²) >= 11 is 0. The van der Waals surface area contributed by atoms with Crippen LogP contribution in [0.2, 0.25) is 0 Å². The summed E-state index contributed by atoms with van der Waals surface area (Å²) in [5, 5.41) is 1.72. The monoisotopic (exact) mass is 419 g/mol. The Morgan fingerprint density at radius 3 is 2.59 bits per heavy atom. The zero-order chi connectivity index (χ0) is 21.2. The van der Waals surface area contributed by atoms with Crippen LogP contribution in [0.3, 0.4) is 0 Å². The van der Waals surface area contributed by atoms with E-state index in [4.69, 9.17) is 4.74 Å². The van der Waals surface area contributed by atoms with Crippen molar-refractivity contribution >= 4 is 26.9 Å². The third-order valence-corrected chi connectivity index (χ3v) is 6.91.